The molecule has 0 saturated heterocycles. The molecule has 0 rings (SSSR count). The van der Waals surface area contributed by atoms with Gasteiger partial charge in [0.1, 0.15) is 0 Å². The molecule has 3 N–H and O–H groups in total. The summed E-state index contributed by atoms with van der Waals surface area (Å²) in [6, 6.07) is 0. The van der Waals surface area contributed by atoms with E-state index in [1.54, 1.807) is 0 Å². The lowest BCUT2D eigenvalue weighted by Crippen LogP contribution is -2.29. The Morgan fingerprint density at radius 3 is 2.30 bits per heavy atom. The first kappa shape index (κ1) is 9.09. The van der Waals surface area contributed by atoms with Crippen LogP contribution in [0.15, 0.2) is 12.7 Å². The van der Waals surface area contributed by atoms with Gasteiger partial charge in [0.05, 0.1) is 0 Å². The number of carbonyl (C=O) groups is 1. The molecule has 0 aliphatic heterocycles. The number of aliphatic hydroxyl groups excluding tert-OH is 2. The third kappa shape index (κ3) is 3.18. The van der Waals surface area contributed by atoms with Gasteiger partial charge in [-0.25, -0.2) is 4.79 Å². The molecular formula is C5H8O5. The van der Waals surface area contributed by atoms with Crippen molar-refractivity contribution in [2.45, 2.75) is 12.6 Å². The Kier molecular flexibility index (Phi) is 3.63. The van der Waals surface area contributed by atoms with Gasteiger partial charge in [-0.2, -0.15) is 0 Å². The first-order valence-corrected chi connectivity index (χ1v) is 2.45. The SMILES string of the molecule is C=CC(=O)OC(O)C(O)O. The number of esters is 1. The molecule has 0 aromatic heterocycles. The molecule has 0 amide bonds. The lowest BCUT2D eigenvalue weighted by molar-refractivity contribution is -0.226. The standard InChI is InChI=1S/C5H8O5/c1-2-3(6)10-5(9)4(7)8/h2,4-5,7-9H,1H2. The van der Waals surface area contributed by atoms with E-state index in [1.807, 2.05) is 0 Å². The minimum absolute atomic E-state index is 0.797. The second-order valence-corrected chi connectivity index (χ2v) is 1.45. The smallest absolute Gasteiger partial charge is 0.332 e. The number of hydrogen-bond acceptors (Lipinski definition) is 5. The second-order valence-electron chi connectivity index (χ2n) is 1.45. The fourth-order valence-electron chi connectivity index (χ4n) is 0.228. The number of rotatable bonds is 3. The maximum absolute atomic E-state index is 10.2. The molecule has 10 heavy (non-hydrogen) atoms. The molecule has 5 heteroatoms. The topological polar surface area (TPSA) is 87.0 Å². The van der Waals surface area contributed by atoms with Gasteiger partial charge in [-0.15, -0.1) is 0 Å². The van der Waals surface area contributed by atoms with E-state index in [-0.39, 0.29) is 0 Å². The van der Waals surface area contributed by atoms with E-state index in [0.717, 1.165) is 6.08 Å². The van der Waals surface area contributed by atoms with Crippen LogP contribution in [0.5, 0.6) is 0 Å². The molecule has 0 aliphatic carbocycles. The Labute approximate surface area is 57.2 Å². The average molecular weight is 148 g/mol. The lowest BCUT2D eigenvalue weighted by atomic mass is 10.6. The average Bonchev–Trinajstić information content (AvgIpc) is 1.87. The fraction of sp³-hybridized carbons (Fsp3) is 0.400. The summed E-state index contributed by atoms with van der Waals surface area (Å²) in [6.07, 6.45) is -3.19. The van der Waals surface area contributed by atoms with E-state index in [1.165, 1.54) is 0 Å². The Morgan fingerprint density at radius 2 is 2.00 bits per heavy atom. The molecule has 0 fully saturated rings. The second kappa shape index (κ2) is 3.99. The van der Waals surface area contributed by atoms with E-state index in [4.69, 9.17) is 15.3 Å². The summed E-state index contributed by atoms with van der Waals surface area (Å²) in [5, 5.41) is 24.8. The van der Waals surface area contributed by atoms with Crippen molar-refractivity contribution in [1.82, 2.24) is 0 Å². The largest absolute Gasteiger partial charge is 0.427 e. The summed E-state index contributed by atoms with van der Waals surface area (Å²) < 4.78 is 3.96. The maximum Gasteiger partial charge on any atom is 0.332 e. The molecule has 0 aromatic rings. The Bertz CT molecular complexity index is 130. The number of aliphatic hydroxyl groups is 3. The van der Waals surface area contributed by atoms with E-state index in [0.29, 0.717) is 0 Å². The Hall–Kier alpha value is -0.910. The summed E-state index contributed by atoms with van der Waals surface area (Å²) in [6.45, 7) is 3.02. The van der Waals surface area contributed by atoms with Gasteiger partial charge in [-0.05, 0) is 0 Å². The van der Waals surface area contributed by atoms with Crippen LogP contribution in [0.1, 0.15) is 0 Å². The molecule has 0 heterocycles. The highest BCUT2D eigenvalue weighted by molar-refractivity contribution is 5.81. The first-order chi connectivity index (χ1) is 4.57. The van der Waals surface area contributed by atoms with Crippen LogP contribution in [0.25, 0.3) is 0 Å². The van der Waals surface area contributed by atoms with Crippen molar-refractivity contribution >= 4 is 5.97 Å². The Morgan fingerprint density at radius 1 is 1.50 bits per heavy atom. The zero-order valence-electron chi connectivity index (χ0n) is 5.10. The minimum atomic E-state index is -2.08. The van der Waals surface area contributed by atoms with Gasteiger partial charge in [0.2, 0.25) is 6.29 Å². The molecule has 1 atom stereocenters. The monoisotopic (exact) mass is 148 g/mol. The van der Waals surface area contributed by atoms with E-state index >= 15 is 0 Å². The van der Waals surface area contributed by atoms with Crippen molar-refractivity contribution in [2.75, 3.05) is 0 Å². The highest BCUT2D eigenvalue weighted by Gasteiger charge is 2.15. The molecule has 0 spiro atoms. The predicted octanol–water partition coefficient (Wildman–Crippen LogP) is -1.66. The molecule has 0 aromatic carbocycles. The zero-order chi connectivity index (χ0) is 8.15. The number of ether oxygens (including phenoxy) is 1. The van der Waals surface area contributed by atoms with Crippen LogP contribution in [-0.4, -0.2) is 33.9 Å². The molecule has 0 saturated carbocycles. The molecule has 58 valence electrons. The number of carbonyl (C=O) groups excluding carboxylic acids is 1. The van der Waals surface area contributed by atoms with Crippen molar-refractivity contribution in [3.05, 3.63) is 12.7 Å². The lowest BCUT2D eigenvalue weighted by Gasteiger charge is -2.11. The summed E-state index contributed by atoms with van der Waals surface area (Å²) in [4.78, 5) is 10.2. The summed E-state index contributed by atoms with van der Waals surface area (Å²) in [7, 11) is 0. The highest BCUT2D eigenvalue weighted by Crippen LogP contribution is 1.92. The summed E-state index contributed by atoms with van der Waals surface area (Å²) in [5.41, 5.74) is 0. The van der Waals surface area contributed by atoms with Crippen LogP contribution in [0.4, 0.5) is 0 Å². The van der Waals surface area contributed by atoms with E-state index in [9.17, 15) is 4.79 Å². The maximum atomic E-state index is 10.2. The van der Waals surface area contributed by atoms with Crippen molar-refractivity contribution < 1.29 is 24.9 Å². The molecule has 1 unspecified atom stereocenters. The molecule has 0 bridgehead atoms. The van der Waals surface area contributed by atoms with Crippen LogP contribution < -0.4 is 0 Å². The Balaban J connectivity index is 3.67. The van der Waals surface area contributed by atoms with E-state index in [2.05, 4.69) is 11.3 Å². The van der Waals surface area contributed by atoms with Crippen LogP contribution >= 0.6 is 0 Å². The molecular weight excluding hydrogens is 140 g/mol. The number of hydrogen-bond donors (Lipinski definition) is 3. The van der Waals surface area contributed by atoms with Crippen molar-refractivity contribution in [3.8, 4) is 0 Å². The van der Waals surface area contributed by atoms with Crippen LogP contribution in [0.3, 0.4) is 0 Å². The van der Waals surface area contributed by atoms with Gasteiger partial charge in [-0.1, -0.05) is 6.58 Å². The third-order valence-electron chi connectivity index (χ3n) is 0.659. The third-order valence-corrected chi connectivity index (χ3v) is 0.659. The van der Waals surface area contributed by atoms with Gasteiger partial charge in [-0.3, -0.25) is 0 Å². The summed E-state index contributed by atoms with van der Waals surface area (Å²) >= 11 is 0. The molecule has 0 radical (unpaired) electrons. The zero-order valence-corrected chi connectivity index (χ0v) is 5.10. The van der Waals surface area contributed by atoms with Crippen LogP contribution in [-0.2, 0) is 9.53 Å². The van der Waals surface area contributed by atoms with Crippen LogP contribution in [0, 0.1) is 0 Å². The quantitative estimate of drug-likeness (QED) is 0.253. The van der Waals surface area contributed by atoms with Gasteiger partial charge in [0.15, 0.2) is 0 Å². The van der Waals surface area contributed by atoms with Crippen molar-refractivity contribution in [2.24, 2.45) is 0 Å². The fourth-order valence-corrected chi connectivity index (χ4v) is 0.228. The van der Waals surface area contributed by atoms with Crippen molar-refractivity contribution in [3.63, 3.8) is 0 Å². The summed E-state index contributed by atoms with van der Waals surface area (Å²) in [5.74, 6) is -0.916. The predicted molar refractivity (Wildman–Crippen MR) is 30.5 cm³/mol. The van der Waals surface area contributed by atoms with Crippen molar-refractivity contribution in [1.29, 1.82) is 0 Å². The highest BCUT2D eigenvalue weighted by atomic mass is 16.7. The minimum Gasteiger partial charge on any atom is -0.427 e. The molecule has 0 aliphatic rings. The van der Waals surface area contributed by atoms with Gasteiger partial charge in [0.25, 0.3) is 6.29 Å². The van der Waals surface area contributed by atoms with Crippen LogP contribution in [0.2, 0.25) is 0 Å². The first-order valence-electron chi connectivity index (χ1n) is 2.45. The van der Waals surface area contributed by atoms with Gasteiger partial charge >= 0.3 is 5.97 Å². The van der Waals surface area contributed by atoms with Gasteiger partial charge < -0.3 is 20.1 Å². The van der Waals surface area contributed by atoms with Gasteiger partial charge in [0, 0.05) is 6.08 Å². The normalized spacial score (nSPS) is 12.8. The van der Waals surface area contributed by atoms with E-state index < -0.39 is 18.5 Å². The molecule has 5 nitrogen and oxygen atoms in total.